The molecule has 0 unspecified atom stereocenters. The van der Waals surface area contributed by atoms with Crippen LogP contribution in [0.4, 0.5) is 5.69 Å². The van der Waals surface area contributed by atoms with E-state index in [9.17, 15) is 5.26 Å². The summed E-state index contributed by atoms with van der Waals surface area (Å²) in [5.74, 6) is 0. The molecule has 1 heterocycles. The Morgan fingerprint density at radius 1 is 0.542 bits per heavy atom. The summed E-state index contributed by atoms with van der Waals surface area (Å²) in [4.78, 5) is 3.67. The van der Waals surface area contributed by atoms with Crippen LogP contribution >= 0.6 is 0 Å². The average Bonchev–Trinajstić information content (AvgIpc) is 3.49. The largest absolute Gasteiger partial charge is 0.309 e. The summed E-state index contributed by atoms with van der Waals surface area (Å²) in [6.07, 6.45) is 0. The van der Waals surface area contributed by atoms with Crippen molar-refractivity contribution in [1.29, 1.82) is 5.26 Å². The highest BCUT2D eigenvalue weighted by atomic mass is 28.3. The maximum atomic E-state index is 9.63. The molecular formula is C44H29N3Si. The standard InChI is InChI=1S/C44H29N3Si/c1-46-34-24-28-43-41(30-34)40-29-32(31-45)21-27-42(40)47(43)35-25-22-33(23-26-35)39-19-11-12-20-44(39)48(36-13-5-2-6-14-36,37-15-7-3-8-16-37)38-17-9-4-10-18-38/h2-30H. The molecule has 0 fully saturated rings. The first-order valence-electron chi connectivity index (χ1n) is 15.9. The van der Waals surface area contributed by atoms with Crippen LogP contribution in [0.3, 0.4) is 0 Å². The topological polar surface area (TPSA) is 33.1 Å². The van der Waals surface area contributed by atoms with E-state index in [0.29, 0.717) is 11.3 Å². The van der Waals surface area contributed by atoms with Crippen molar-refractivity contribution in [3.05, 3.63) is 193 Å². The first kappa shape index (κ1) is 29.0. The third-order valence-electron chi connectivity index (χ3n) is 9.39. The zero-order chi connectivity index (χ0) is 32.5. The predicted octanol–water partition coefficient (Wildman–Crippen LogP) is 8.25. The molecule has 0 radical (unpaired) electrons. The minimum Gasteiger partial charge on any atom is -0.309 e. The lowest BCUT2D eigenvalue weighted by Gasteiger charge is -2.36. The van der Waals surface area contributed by atoms with Gasteiger partial charge in [-0.25, -0.2) is 4.85 Å². The lowest BCUT2D eigenvalue weighted by molar-refractivity contribution is 1.18. The second-order valence-corrected chi connectivity index (χ2v) is 15.7. The summed E-state index contributed by atoms with van der Waals surface area (Å²) in [6, 6.07) is 64.6. The van der Waals surface area contributed by atoms with E-state index in [0.717, 1.165) is 33.1 Å². The number of rotatable bonds is 6. The maximum absolute atomic E-state index is 9.63. The molecule has 0 amide bonds. The van der Waals surface area contributed by atoms with Gasteiger partial charge in [0.25, 0.3) is 0 Å². The van der Waals surface area contributed by atoms with Crippen molar-refractivity contribution in [3.63, 3.8) is 0 Å². The molecule has 0 aliphatic heterocycles. The van der Waals surface area contributed by atoms with E-state index in [1.807, 2.05) is 36.4 Å². The molecule has 3 nitrogen and oxygen atoms in total. The van der Waals surface area contributed by atoms with Gasteiger partial charge in [-0.2, -0.15) is 5.26 Å². The molecule has 0 aliphatic rings. The van der Waals surface area contributed by atoms with Crippen molar-refractivity contribution in [1.82, 2.24) is 4.57 Å². The smallest absolute Gasteiger partial charge is 0.188 e. The Hall–Kier alpha value is -6.46. The lowest BCUT2D eigenvalue weighted by atomic mass is 10.1. The van der Waals surface area contributed by atoms with Gasteiger partial charge in [0.2, 0.25) is 0 Å². The number of hydrogen-bond donors (Lipinski definition) is 0. The van der Waals surface area contributed by atoms with Gasteiger partial charge in [0.15, 0.2) is 13.8 Å². The number of benzene rings is 7. The van der Waals surface area contributed by atoms with Crippen LogP contribution in [-0.4, -0.2) is 12.6 Å². The number of fused-ring (bicyclic) bond motifs is 3. The molecule has 1 aromatic heterocycles. The molecule has 4 heteroatoms. The molecule has 7 aromatic carbocycles. The van der Waals surface area contributed by atoms with E-state index >= 15 is 0 Å². The molecule has 0 saturated carbocycles. The fourth-order valence-corrected chi connectivity index (χ4v) is 12.3. The van der Waals surface area contributed by atoms with Gasteiger partial charge in [-0.1, -0.05) is 133 Å². The van der Waals surface area contributed by atoms with Crippen molar-refractivity contribution in [2.75, 3.05) is 0 Å². The molecule has 8 aromatic rings. The van der Waals surface area contributed by atoms with Gasteiger partial charge in [-0.3, -0.25) is 0 Å². The van der Waals surface area contributed by atoms with E-state index in [1.54, 1.807) is 0 Å². The normalized spacial score (nSPS) is 11.3. The molecule has 0 aliphatic carbocycles. The van der Waals surface area contributed by atoms with Crippen molar-refractivity contribution in [2.45, 2.75) is 0 Å². The van der Waals surface area contributed by atoms with Gasteiger partial charge >= 0.3 is 0 Å². The first-order chi connectivity index (χ1) is 23.7. The van der Waals surface area contributed by atoms with Crippen LogP contribution in [0.1, 0.15) is 5.56 Å². The van der Waals surface area contributed by atoms with Crippen LogP contribution in [0.2, 0.25) is 0 Å². The van der Waals surface area contributed by atoms with Gasteiger partial charge in [0, 0.05) is 11.1 Å². The first-order valence-corrected chi connectivity index (χ1v) is 17.9. The van der Waals surface area contributed by atoms with Crippen LogP contribution in [0.25, 0.3) is 43.5 Å². The van der Waals surface area contributed by atoms with Crippen molar-refractivity contribution < 1.29 is 0 Å². The third kappa shape index (κ3) is 4.64. The van der Waals surface area contributed by atoms with Gasteiger partial charge < -0.3 is 4.57 Å². The fraction of sp³-hybridized carbons (Fsp3) is 0. The SMILES string of the molecule is [C-]#[N+]c1ccc2c(c1)c1cc(C#N)ccc1n2-c1ccc(-c2ccccc2[Si](c2ccccc2)(c2ccccc2)c2ccccc2)cc1. The van der Waals surface area contributed by atoms with E-state index < -0.39 is 8.07 Å². The van der Waals surface area contributed by atoms with Crippen LogP contribution in [-0.2, 0) is 0 Å². The van der Waals surface area contributed by atoms with Crippen LogP contribution < -0.4 is 20.7 Å². The highest BCUT2D eigenvalue weighted by Crippen LogP contribution is 2.35. The molecule has 0 saturated heterocycles. The summed E-state index contributed by atoms with van der Waals surface area (Å²) in [6.45, 7) is 7.58. The predicted molar refractivity (Wildman–Crippen MR) is 201 cm³/mol. The van der Waals surface area contributed by atoms with E-state index in [1.165, 1.54) is 26.3 Å². The summed E-state index contributed by atoms with van der Waals surface area (Å²) in [5, 5.41) is 16.9. The zero-order valence-electron chi connectivity index (χ0n) is 26.1. The summed E-state index contributed by atoms with van der Waals surface area (Å²) in [5.41, 5.74) is 6.58. The number of nitriles is 1. The Labute approximate surface area is 281 Å². The Kier molecular flexibility index (Phi) is 7.27. The van der Waals surface area contributed by atoms with Crippen molar-refractivity contribution in [2.24, 2.45) is 0 Å². The zero-order valence-corrected chi connectivity index (χ0v) is 27.1. The van der Waals surface area contributed by atoms with Gasteiger partial charge in [-0.15, -0.1) is 0 Å². The van der Waals surface area contributed by atoms with Crippen LogP contribution in [0.15, 0.2) is 176 Å². The maximum Gasteiger partial charge on any atom is 0.188 e. The number of aromatic nitrogens is 1. The minimum absolute atomic E-state index is 0.582. The summed E-state index contributed by atoms with van der Waals surface area (Å²) >= 11 is 0. The second kappa shape index (κ2) is 12.0. The highest BCUT2D eigenvalue weighted by Gasteiger charge is 2.42. The molecule has 0 spiro atoms. The lowest BCUT2D eigenvalue weighted by Crippen LogP contribution is -2.75. The minimum atomic E-state index is -2.74. The van der Waals surface area contributed by atoms with Gasteiger partial charge in [0.1, 0.15) is 0 Å². The van der Waals surface area contributed by atoms with Crippen LogP contribution in [0, 0.1) is 17.9 Å². The van der Waals surface area contributed by atoms with E-state index in [-0.39, 0.29) is 0 Å². The molecule has 0 N–H and O–H groups in total. The Bertz CT molecular complexity index is 2340. The molecule has 48 heavy (non-hydrogen) atoms. The number of nitrogens with zero attached hydrogens (tertiary/aromatic N) is 3. The summed E-state index contributed by atoms with van der Waals surface area (Å²) in [7, 11) is -2.74. The molecule has 0 bridgehead atoms. The van der Waals surface area contributed by atoms with Gasteiger partial charge in [-0.05, 0) is 79.7 Å². The monoisotopic (exact) mass is 627 g/mol. The van der Waals surface area contributed by atoms with Crippen molar-refractivity contribution >= 4 is 56.3 Å². The molecule has 0 atom stereocenters. The Morgan fingerprint density at radius 3 is 1.62 bits per heavy atom. The molecule has 224 valence electrons. The van der Waals surface area contributed by atoms with Crippen LogP contribution in [0.5, 0.6) is 0 Å². The Balaban J connectivity index is 1.35. The Morgan fingerprint density at radius 2 is 1.06 bits per heavy atom. The molecular weight excluding hydrogens is 599 g/mol. The quantitative estimate of drug-likeness (QED) is 0.104. The number of hydrogen-bond acceptors (Lipinski definition) is 1. The second-order valence-electron chi connectivity index (χ2n) is 11.9. The van der Waals surface area contributed by atoms with Gasteiger partial charge in [0.05, 0.1) is 29.2 Å². The highest BCUT2D eigenvalue weighted by molar-refractivity contribution is 7.20. The van der Waals surface area contributed by atoms with E-state index in [2.05, 4.69) is 155 Å². The fourth-order valence-electron chi connectivity index (χ4n) is 7.31. The van der Waals surface area contributed by atoms with E-state index in [4.69, 9.17) is 6.57 Å². The summed E-state index contributed by atoms with van der Waals surface area (Å²) < 4.78 is 2.23. The molecule has 8 rings (SSSR count). The van der Waals surface area contributed by atoms with Crippen molar-refractivity contribution in [3.8, 4) is 22.9 Å². The third-order valence-corrected chi connectivity index (χ3v) is 14.2. The average molecular weight is 628 g/mol.